The maximum Gasteiger partial charge on any atom is 0.259 e. The van der Waals surface area contributed by atoms with Crippen LogP contribution >= 0.6 is 11.6 Å². The topological polar surface area (TPSA) is 42.7 Å². The molecule has 88 valence electrons. The monoisotopic (exact) mass is 243 g/mol. The zero-order valence-corrected chi connectivity index (χ0v) is 9.87. The molecule has 0 aromatic carbocycles. The quantitative estimate of drug-likeness (QED) is 0.800. The predicted molar refractivity (Wildman–Crippen MR) is 59.7 cm³/mol. The molecule has 1 aliphatic rings. The van der Waals surface area contributed by atoms with Crippen molar-refractivity contribution in [2.45, 2.75) is 19.4 Å². The smallest absolute Gasteiger partial charge is 0.259 e. The highest BCUT2D eigenvalue weighted by atomic mass is 35.5. The minimum atomic E-state index is -0.0751. The van der Waals surface area contributed by atoms with Crippen molar-refractivity contribution in [3.8, 4) is 0 Å². The van der Waals surface area contributed by atoms with E-state index in [1.54, 1.807) is 11.0 Å². The van der Waals surface area contributed by atoms with E-state index in [1.807, 2.05) is 6.92 Å². The summed E-state index contributed by atoms with van der Waals surface area (Å²) in [6, 6.07) is 1.74. The van der Waals surface area contributed by atoms with Crippen LogP contribution in [0.1, 0.15) is 23.7 Å². The maximum absolute atomic E-state index is 12.2. The third-order valence-electron chi connectivity index (χ3n) is 2.81. The lowest BCUT2D eigenvalue weighted by Gasteiger charge is -2.34. The second kappa shape index (κ2) is 4.89. The summed E-state index contributed by atoms with van der Waals surface area (Å²) < 4.78 is 10.3. The summed E-state index contributed by atoms with van der Waals surface area (Å²) in [6.07, 6.45) is 2.30. The molecule has 2 heterocycles. The first-order valence-corrected chi connectivity index (χ1v) is 5.73. The van der Waals surface area contributed by atoms with Crippen LogP contribution in [0.25, 0.3) is 0 Å². The molecule has 0 saturated carbocycles. The summed E-state index contributed by atoms with van der Waals surface area (Å²) in [4.78, 5) is 14.0. The molecule has 1 aromatic heterocycles. The van der Waals surface area contributed by atoms with Crippen LogP contribution in [-0.2, 0) is 4.74 Å². The van der Waals surface area contributed by atoms with Gasteiger partial charge in [0.1, 0.15) is 0 Å². The Morgan fingerprint density at radius 3 is 3.12 bits per heavy atom. The first-order chi connectivity index (χ1) is 7.74. The van der Waals surface area contributed by atoms with Crippen LogP contribution in [0.4, 0.5) is 0 Å². The van der Waals surface area contributed by atoms with Gasteiger partial charge in [0.15, 0.2) is 0 Å². The lowest BCUT2D eigenvalue weighted by atomic mass is 10.1. The van der Waals surface area contributed by atoms with Gasteiger partial charge in [0.25, 0.3) is 5.91 Å². The van der Waals surface area contributed by atoms with E-state index in [1.165, 1.54) is 6.26 Å². The molecule has 1 amide bonds. The molecule has 1 atom stereocenters. The van der Waals surface area contributed by atoms with Gasteiger partial charge in [0, 0.05) is 6.54 Å². The Balaban J connectivity index is 2.17. The van der Waals surface area contributed by atoms with Gasteiger partial charge in [-0.1, -0.05) is 6.92 Å². The van der Waals surface area contributed by atoms with E-state index in [0.717, 1.165) is 6.42 Å². The fourth-order valence-electron chi connectivity index (χ4n) is 1.86. The van der Waals surface area contributed by atoms with Gasteiger partial charge < -0.3 is 14.1 Å². The molecule has 5 heteroatoms. The number of furan rings is 1. The van der Waals surface area contributed by atoms with E-state index in [9.17, 15) is 4.79 Å². The van der Waals surface area contributed by atoms with Crippen molar-refractivity contribution in [3.63, 3.8) is 0 Å². The molecule has 0 aliphatic carbocycles. The average Bonchev–Trinajstić information content (AvgIpc) is 2.74. The molecule has 0 radical (unpaired) electrons. The molecule has 2 rings (SSSR count). The second-order valence-electron chi connectivity index (χ2n) is 3.74. The Hall–Kier alpha value is -1.00. The van der Waals surface area contributed by atoms with Crippen molar-refractivity contribution in [1.29, 1.82) is 0 Å². The number of morpholine rings is 1. The molecule has 1 fully saturated rings. The van der Waals surface area contributed by atoms with Gasteiger partial charge >= 0.3 is 0 Å². The number of hydrogen-bond acceptors (Lipinski definition) is 3. The standard InChI is InChI=1S/C11H14ClNO3/c1-2-8-7-15-6-4-13(8)11(14)9-3-5-16-10(9)12/h3,5,8H,2,4,6-7H2,1H3. The lowest BCUT2D eigenvalue weighted by molar-refractivity contribution is -0.00282. The third-order valence-corrected chi connectivity index (χ3v) is 3.10. The SMILES string of the molecule is CCC1COCCN1C(=O)c1ccoc1Cl. The van der Waals surface area contributed by atoms with E-state index in [0.29, 0.717) is 25.3 Å². The minimum absolute atomic E-state index is 0.0751. The van der Waals surface area contributed by atoms with E-state index in [2.05, 4.69) is 0 Å². The zero-order valence-electron chi connectivity index (χ0n) is 9.11. The van der Waals surface area contributed by atoms with Crippen LogP contribution in [0.15, 0.2) is 16.7 Å². The summed E-state index contributed by atoms with van der Waals surface area (Å²) in [7, 11) is 0. The number of rotatable bonds is 2. The van der Waals surface area contributed by atoms with Gasteiger partial charge in [-0.3, -0.25) is 4.79 Å². The van der Waals surface area contributed by atoms with Gasteiger partial charge in [-0.05, 0) is 24.1 Å². The second-order valence-corrected chi connectivity index (χ2v) is 4.09. The van der Waals surface area contributed by atoms with Crippen LogP contribution in [0.2, 0.25) is 5.22 Å². The fourth-order valence-corrected chi connectivity index (χ4v) is 2.06. The average molecular weight is 244 g/mol. The van der Waals surface area contributed by atoms with Gasteiger partial charge in [0.2, 0.25) is 5.22 Å². The first kappa shape index (κ1) is 11.5. The van der Waals surface area contributed by atoms with Crippen LogP contribution in [0, 0.1) is 0 Å². The molecule has 0 N–H and O–H groups in total. The Kier molecular flexibility index (Phi) is 3.51. The van der Waals surface area contributed by atoms with Gasteiger partial charge in [0.05, 0.1) is 31.1 Å². The summed E-state index contributed by atoms with van der Waals surface area (Å²) in [5.74, 6) is -0.0751. The minimum Gasteiger partial charge on any atom is -0.452 e. The van der Waals surface area contributed by atoms with E-state index < -0.39 is 0 Å². The zero-order chi connectivity index (χ0) is 11.5. The largest absolute Gasteiger partial charge is 0.452 e. The first-order valence-electron chi connectivity index (χ1n) is 5.35. The van der Waals surface area contributed by atoms with Crippen LogP contribution in [0.5, 0.6) is 0 Å². The van der Waals surface area contributed by atoms with E-state index >= 15 is 0 Å². The highest BCUT2D eigenvalue weighted by molar-refractivity contribution is 6.32. The van der Waals surface area contributed by atoms with Gasteiger partial charge in [-0.15, -0.1) is 0 Å². The molecule has 4 nitrogen and oxygen atoms in total. The van der Waals surface area contributed by atoms with Crippen LogP contribution in [-0.4, -0.2) is 36.6 Å². The number of amides is 1. The molecule has 16 heavy (non-hydrogen) atoms. The number of halogens is 1. The van der Waals surface area contributed by atoms with Crippen molar-refractivity contribution < 1.29 is 13.9 Å². The molecular weight excluding hydrogens is 230 g/mol. The van der Waals surface area contributed by atoms with Crippen molar-refractivity contribution >= 4 is 17.5 Å². The van der Waals surface area contributed by atoms with Crippen LogP contribution in [0.3, 0.4) is 0 Å². The highest BCUT2D eigenvalue weighted by Crippen LogP contribution is 2.21. The van der Waals surface area contributed by atoms with Crippen molar-refractivity contribution in [1.82, 2.24) is 4.90 Å². The summed E-state index contributed by atoms with van der Waals surface area (Å²) in [6.45, 7) is 3.82. The maximum atomic E-state index is 12.2. The Morgan fingerprint density at radius 2 is 2.50 bits per heavy atom. The number of carbonyl (C=O) groups excluding carboxylic acids is 1. The summed E-state index contributed by atoms with van der Waals surface area (Å²) >= 11 is 5.80. The van der Waals surface area contributed by atoms with Crippen molar-refractivity contribution in [3.05, 3.63) is 23.1 Å². The van der Waals surface area contributed by atoms with E-state index in [4.69, 9.17) is 20.8 Å². The normalized spacial score (nSPS) is 21.1. The fraction of sp³-hybridized carbons (Fsp3) is 0.545. The number of nitrogens with zero attached hydrogens (tertiary/aromatic N) is 1. The summed E-state index contributed by atoms with van der Waals surface area (Å²) in [5, 5.41) is 0.159. The molecular formula is C11H14ClNO3. The number of hydrogen-bond donors (Lipinski definition) is 0. The van der Waals surface area contributed by atoms with Crippen molar-refractivity contribution in [2.24, 2.45) is 0 Å². The van der Waals surface area contributed by atoms with E-state index in [-0.39, 0.29) is 17.2 Å². The molecule has 1 aromatic rings. The predicted octanol–water partition coefficient (Wildman–Crippen LogP) is 2.18. The Labute approximate surface area is 99.1 Å². The third kappa shape index (κ3) is 2.08. The molecule has 1 saturated heterocycles. The van der Waals surface area contributed by atoms with Gasteiger partial charge in [-0.25, -0.2) is 0 Å². The summed E-state index contributed by atoms with van der Waals surface area (Å²) in [5.41, 5.74) is 0.432. The molecule has 1 unspecified atom stereocenters. The van der Waals surface area contributed by atoms with Gasteiger partial charge in [-0.2, -0.15) is 0 Å². The Morgan fingerprint density at radius 1 is 1.69 bits per heavy atom. The Bertz CT molecular complexity index is 377. The molecule has 1 aliphatic heterocycles. The molecule has 0 spiro atoms. The lowest BCUT2D eigenvalue weighted by Crippen LogP contribution is -2.48. The molecule has 0 bridgehead atoms. The number of ether oxygens (including phenoxy) is 1. The highest BCUT2D eigenvalue weighted by Gasteiger charge is 2.28. The van der Waals surface area contributed by atoms with Crippen molar-refractivity contribution in [2.75, 3.05) is 19.8 Å². The van der Waals surface area contributed by atoms with Crippen LogP contribution < -0.4 is 0 Å². The number of carbonyl (C=O) groups is 1.